The van der Waals surface area contributed by atoms with Crippen LogP contribution in [0, 0.1) is 11.3 Å². The first-order chi connectivity index (χ1) is 14.1. The van der Waals surface area contributed by atoms with E-state index < -0.39 is 11.9 Å². The van der Waals surface area contributed by atoms with Gasteiger partial charge in [-0.15, -0.1) is 11.3 Å². The van der Waals surface area contributed by atoms with Crippen LogP contribution in [0.25, 0.3) is 6.08 Å². The van der Waals surface area contributed by atoms with Gasteiger partial charge in [-0.1, -0.05) is 12.1 Å². The van der Waals surface area contributed by atoms with Crippen LogP contribution in [0.2, 0.25) is 0 Å². The summed E-state index contributed by atoms with van der Waals surface area (Å²) in [7, 11) is 1.45. The molecule has 0 aliphatic carbocycles. The third-order valence-corrected chi connectivity index (χ3v) is 5.15. The van der Waals surface area contributed by atoms with Gasteiger partial charge in [0.1, 0.15) is 16.5 Å². The lowest BCUT2D eigenvalue weighted by atomic mass is 10.1. The lowest BCUT2D eigenvalue weighted by Crippen LogP contribution is -2.32. The molecule has 1 aromatic carbocycles. The number of benzene rings is 1. The normalized spacial score (nSPS) is 16.1. The molecule has 1 atom stereocenters. The SMILES string of the molecule is COc1cc(/C=C(/C#N)C(=O)NC[C@@H]2CCCO2)ccc1OC(=O)c1cccs1. The third kappa shape index (κ3) is 5.44. The summed E-state index contributed by atoms with van der Waals surface area (Å²) in [6.07, 6.45) is 3.33. The van der Waals surface area contributed by atoms with Crippen LogP contribution in [-0.2, 0) is 9.53 Å². The molecule has 0 saturated carbocycles. The van der Waals surface area contributed by atoms with Gasteiger partial charge in [-0.3, -0.25) is 4.79 Å². The van der Waals surface area contributed by atoms with Gasteiger partial charge in [0.25, 0.3) is 5.91 Å². The Hall–Kier alpha value is -3.15. The number of esters is 1. The Bertz CT molecular complexity index is 940. The topological polar surface area (TPSA) is 97.7 Å². The number of nitrogens with one attached hydrogen (secondary N) is 1. The summed E-state index contributed by atoms with van der Waals surface area (Å²) in [6, 6.07) is 10.2. The second-order valence-electron chi connectivity index (χ2n) is 6.29. The highest BCUT2D eigenvalue weighted by Crippen LogP contribution is 2.30. The van der Waals surface area contributed by atoms with Gasteiger partial charge in [-0.25, -0.2) is 4.79 Å². The van der Waals surface area contributed by atoms with Crippen molar-refractivity contribution in [3.63, 3.8) is 0 Å². The summed E-state index contributed by atoms with van der Waals surface area (Å²) < 4.78 is 16.1. The quantitative estimate of drug-likeness (QED) is 0.325. The number of nitriles is 1. The zero-order valence-corrected chi connectivity index (χ0v) is 16.7. The molecule has 2 heterocycles. The molecule has 1 aliphatic heterocycles. The van der Waals surface area contributed by atoms with Gasteiger partial charge in [0.05, 0.1) is 13.2 Å². The number of carbonyl (C=O) groups is 2. The highest BCUT2D eigenvalue weighted by Gasteiger charge is 2.18. The Labute approximate surface area is 172 Å². The first-order valence-corrected chi connectivity index (χ1v) is 9.94. The minimum Gasteiger partial charge on any atom is -0.493 e. The van der Waals surface area contributed by atoms with Crippen molar-refractivity contribution in [1.82, 2.24) is 5.32 Å². The first kappa shape index (κ1) is 20.6. The van der Waals surface area contributed by atoms with Crippen LogP contribution in [0.5, 0.6) is 11.5 Å². The van der Waals surface area contributed by atoms with E-state index in [0.717, 1.165) is 12.8 Å². The maximum Gasteiger partial charge on any atom is 0.353 e. The Morgan fingerprint density at radius 1 is 1.38 bits per heavy atom. The molecular weight excluding hydrogens is 392 g/mol. The van der Waals surface area contributed by atoms with Gasteiger partial charge in [-0.2, -0.15) is 5.26 Å². The van der Waals surface area contributed by atoms with Crippen molar-refractivity contribution in [3.05, 3.63) is 51.7 Å². The predicted molar refractivity (Wildman–Crippen MR) is 108 cm³/mol. The smallest absolute Gasteiger partial charge is 0.353 e. The number of hydrogen-bond donors (Lipinski definition) is 1. The molecule has 3 rings (SSSR count). The van der Waals surface area contributed by atoms with Gasteiger partial charge in [-0.05, 0) is 48.1 Å². The first-order valence-electron chi connectivity index (χ1n) is 9.06. The van der Waals surface area contributed by atoms with Crippen LogP contribution in [0.1, 0.15) is 28.1 Å². The van der Waals surface area contributed by atoms with E-state index in [1.54, 1.807) is 35.7 Å². The average Bonchev–Trinajstić information content (AvgIpc) is 3.45. The number of amides is 1. The van der Waals surface area contributed by atoms with Crippen molar-refractivity contribution in [2.24, 2.45) is 0 Å². The van der Waals surface area contributed by atoms with Crippen molar-refractivity contribution in [1.29, 1.82) is 5.26 Å². The lowest BCUT2D eigenvalue weighted by molar-refractivity contribution is -0.117. The van der Waals surface area contributed by atoms with Crippen molar-refractivity contribution in [2.75, 3.05) is 20.3 Å². The fourth-order valence-electron chi connectivity index (χ4n) is 2.83. The van der Waals surface area contributed by atoms with Crippen LogP contribution in [0.4, 0.5) is 0 Å². The van der Waals surface area contributed by atoms with E-state index >= 15 is 0 Å². The Balaban J connectivity index is 1.70. The van der Waals surface area contributed by atoms with Crippen LogP contribution in [0.3, 0.4) is 0 Å². The fraction of sp³-hybridized carbons (Fsp3) is 0.286. The average molecular weight is 412 g/mol. The maximum absolute atomic E-state index is 12.3. The molecule has 8 heteroatoms. The van der Waals surface area contributed by atoms with Crippen molar-refractivity contribution < 1.29 is 23.8 Å². The lowest BCUT2D eigenvalue weighted by Gasteiger charge is -2.11. The van der Waals surface area contributed by atoms with Gasteiger partial charge >= 0.3 is 5.97 Å². The van der Waals surface area contributed by atoms with E-state index in [-0.39, 0.29) is 17.4 Å². The van der Waals surface area contributed by atoms with Gasteiger partial charge in [0.15, 0.2) is 11.5 Å². The molecule has 2 aromatic rings. The largest absolute Gasteiger partial charge is 0.493 e. The molecule has 1 amide bonds. The third-order valence-electron chi connectivity index (χ3n) is 4.30. The monoisotopic (exact) mass is 412 g/mol. The predicted octanol–water partition coefficient (Wildman–Crippen LogP) is 3.18. The molecule has 7 nitrogen and oxygen atoms in total. The molecule has 1 aromatic heterocycles. The minimum absolute atomic E-state index is 0.00342. The van der Waals surface area contributed by atoms with Gasteiger partial charge in [0.2, 0.25) is 0 Å². The van der Waals surface area contributed by atoms with Crippen LogP contribution in [0.15, 0.2) is 41.3 Å². The molecule has 29 heavy (non-hydrogen) atoms. The van der Waals surface area contributed by atoms with Crippen molar-refractivity contribution >= 4 is 29.3 Å². The van der Waals surface area contributed by atoms with Crippen molar-refractivity contribution in [2.45, 2.75) is 18.9 Å². The summed E-state index contributed by atoms with van der Waals surface area (Å²) in [5.74, 6) is -0.368. The minimum atomic E-state index is -0.479. The zero-order chi connectivity index (χ0) is 20.6. The maximum atomic E-state index is 12.3. The molecular formula is C21H20N2O5S. The summed E-state index contributed by atoms with van der Waals surface area (Å²) in [5, 5.41) is 13.9. The number of nitrogens with zero attached hydrogens (tertiary/aromatic N) is 1. The van der Waals surface area contributed by atoms with E-state index in [0.29, 0.717) is 29.3 Å². The molecule has 1 aliphatic rings. The Morgan fingerprint density at radius 3 is 2.90 bits per heavy atom. The standard InChI is InChI=1S/C21H20N2O5S/c1-26-18-11-14(6-7-17(18)28-21(25)19-5-3-9-29-19)10-15(12-22)20(24)23-13-16-4-2-8-27-16/h3,5-7,9-11,16H,2,4,8,13H2,1H3,(H,23,24)/b15-10-/t16-/m0/s1. The molecule has 1 fully saturated rings. The highest BCUT2D eigenvalue weighted by molar-refractivity contribution is 7.12. The molecule has 0 bridgehead atoms. The number of methoxy groups -OCH3 is 1. The van der Waals surface area contributed by atoms with Crippen LogP contribution >= 0.6 is 11.3 Å². The number of carbonyl (C=O) groups excluding carboxylic acids is 2. The van der Waals surface area contributed by atoms with E-state index in [4.69, 9.17) is 14.2 Å². The Kier molecular flexibility index (Phi) is 7.00. The number of thiophene rings is 1. The molecule has 0 radical (unpaired) electrons. The molecule has 150 valence electrons. The summed E-state index contributed by atoms with van der Waals surface area (Å²) in [4.78, 5) is 24.9. The van der Waals surface area contributed by atoms with E-state index in [1.807, 2.05) is 6.07 Å². The van der Waals surface area contributed by atoms with Gasteiger partial charge in [0, 0.05) is 13.2 Å². The number of rotatable bonds is 7. The van der Waals surface area contributed by atoms with E-state index in [1.165, 1.54) is 24.5 Å². The van der Waals surface area contributed by atoms with Crippen molar-refractivity contribution in [3.8, 4) is 17.6 Å². The summed E-state index contributed by atoms with van der Waals surface area (Å²) in [5.41, 5.74) is 0.537. The second kappa shape index (κ2) is 9.87. The van der Waals surface area contributed by atoms with Gasteiger partial charge < -0.3 is 19.5 Å². The fourth-order valence-corrected chi connectivity index (χ4v) is 3.42. The number of ether oxygens (including phenoxy) is 3. The molecule has 0 unspecified atom stereocenters. The highest BCUT2D eigenvalue weighted by atomic mass is 32.1. The van der Waals surface area contributed by atoms with Crippen LogP contribution in [-0.4, -0.2) is 38.2 Å². The number of hydrogen-bond acceptors (Lipinski definition) is 7. The molecule has 0 spiro atoms. The molecule has 1 saturated heterocycles. The summed E-state index contributed by atoms with van der Waals surface area (Å²) >= 11 is 1.28. The summed E-state index contributed by atoms with van der Waals surface area (Å²) in [6.45, 7) is 1.07. The Morgan fingerprint density at radius 2 is 2.24 bits per heavy atom. The molecule has 1 N–H and O–H groups in total. The second-order valence-corrected chi connectivity index (χ2v) is 7.24. The van der Waals surface area contributed by atoms with E-state index in [9.17, 15) is 14.9 Å². The van der Waals surface area contributed by atoms with E-state index in [2.05, 4.69) is 5.32 Å². The van der Waals surface area contributed by atoms with Crippen LogP contribution < -0.4 is 14.8 Å². The zero-order valence-electron chi connectivity index (χ0n) is 15.8.